The van der Waals surface area contributed by atoms with Gasteiger partial charge in [-0.15, -0.1) is 0 Å². The highest BCUT2D eigenvalue weighted by atomic mass is 16.4. The van der Waals surface area contributed by atoms with Crippen molar-refractivity contribution in [2.24, 2.45) is 16.6 Å². The molecule has 5 heteroatoms. The van der Waals surface area contributed by atoms with E-state index in [0.29, 0.717) is 12.8 Å². The minimum Gasteiger partial charge on any atom is -0.409 e. The lowest BCUT2D eigenvalue weighted by molar-refractivity contribution is 0.317. The van der Waals surface area contributed by atoms with E-state index in [1.807, 2.05) is 0 Å². The average molecular weight is 130 g/mol. The lowest BCUT2D eigenvalue weighted by atomic mass is 10.3. The SMILES string of the molecule is N=C(N)CC/C(N)=N/O. The Morgan fingerprint density at radius 2 is 2.00 bits per heavy atom. The van der Waals surface area contributed by atoms with Crippen molar-refractivity contribution in [2.75, 3.05) is 0 Å². The second-order valence-corrected chi connectivity index (χ2v) is 1.62. The normalized spacial score (nSPS) is 11.3. The summed E-state index contributed by atoms with van der Waals surface area (Å²) in [6.07, 6.45) is 0.682. The number of nitrogens with two attached hydrogens (primary N) is 2. The van der Waals surface area contributed by atoms with Crippen LogP contribution in [0.1, 0.15) is 12.8 Å². The first-order valence-corrected chi connectivity index (χ1v) is 2.46. The van der Waals surface area contributed by atoms with Gasteiger partial charge in [0.05, 0.1) is 5.84 Å². The number of hydrogen-bond donors (Lipinski definition) is 4. The van der Waals surface area contributed by atoms with Gasteiger partial charge in [0.15, 0.2) is 0 Å². The summed E-state index contributed by atoms with van der Waals surface area (Å²) in [4.78, 5) is 0. The van der Waals surface area contributed by atoms with E-state index in [1.54, 1.807) is 0 Å². The van der Waals surface area contributed by atoms with Gasteiger partial charge in [-0.2, -0.15) is 0 Å². The second-order valence-electron chi connectivity index (χ2n) is 1.62. The van der Waals surface area contributed by atoms with Crippen LogP contribution in [0, 0.1) is 5.41 Å². The molecule has 0 aliphatic heterocycles. The molecule has 0 atom stereocenters. The van der Waals surface area contributed by atoms with Crippen LogP contribution in [0.4, 0.5) is 0 Å². The fraction of sp³-hybridized carbons (Fsp3) is 0.500. The van der Waals surface area contributed by atoms with Crippen molar-refractivity contribution in [1.29, 1.82) is 5.41 Å². The summed E-state index contributed by atoms with van der Waals surface area (Å²) in [6.45, 7) is 0. The Balaban J connectivity index is 3.39. The highest BCUT2D eigenvalue weighted by Crippen LogP contribution is 1.85. The third-order valence-electron chi connectivity index (χ3n) is 0.779. The van der Waals surface area contributed by atoms with Gasteiger partial charge in [-0.05, 0) is 0 Å². The Bertz CT molecular complexity index is 131. The smallest absolute Gasteiger partial charge is 0.139 e. The minimum absolute atomic E-state index is 0.0431. The van der Waals surface area contributed by atoms with Gasteiger partial charge in [-0.3, -0.25) is 5.41 Å². The van der Waals surface area contributed by atoms with Crippen LogP contribution in [0.3, 0.4) is 0 Å². The number of oxime groups is 1. The molecule has 0 saturated carbocycles. The molecule has 0 amide bonds. The zero-order chi connectivity index (χ0) is 7.28. The van der Waals surface area contributed by atoms with Crippen LogP contribution in [0.25, 0.3) is 0 Å². The largest absolute Gasteiger partial charge is 0.409 e. The van der Waals surface area contributed by atoms with Crippen LogP contribution in [-0.2, 0) is 0 Å². The molecule has 0 spiro atoms. The Kier molecular flexibility index (Phi) is 3.19. The van der Waals surface area contributed by atoms with Gasteiger partial charge in [0.2, 0.25) is 0 Å². The zero-order valence-electron chi connectivity index (χ0n) is 4.96. The van der Waals surface area contributed by atoms with Crippen molar-refractivity contribution in [2.45, 2.75) is 12.8 Å². The molecule has 0 aliphatic rings. The summed E-state index contributed by atoms with van der Waals surface area (Å²) < 4.78 is 0. The van der Waals surface area contributed by atoms with Crippen LogP contribution in [0.2, 0.25) is 0 Å². The van der Waals surface area contributed by atoms with Gasteiger partial charge in [-0.25, -0.2) is 0 Å². The number of hydrogen-bond acceptors (Lipinski definition) is 3. The molecule has 0 heterocycles. The second kappa shape index (κ2) is 3.71. The highest BCUT2D eigenvalue weighted by molar-refractivity contribution is 5.85. The molecule has 0 unspecified atom stereocenters. The number of nitrogens with one attached hydrogen (secondary N) is 1. The van der Waals surface area contributed by atoms with Crippen LogP contribution in [-0.4, -0.2) is 16.9 Å². The number of rotatable bonds is 3. The standard InChI is InChI=1S/C4H10N4O/c5-3(6)1-2-4(7)8-9/h9H,1-2H2,(H3,5,6)(H2,7,8). The first kappa shape index (κ1) is 7.74. The molecule has 9 heavy (non-hydrogen) atoms. The summed E-state index contributed by atoms with van der Waals surface area (Å²) in [5, 5.41) is 17.5. The van der Waals surface area contributed by atoms with Crippen molar-refractivity contribution in [3.8, 4) is 0 Å². The number of amidine groups is 2. The maximum atomic E-state index is 8.00. The summed E-state index contributed by atoms with van der Waals surface area (Å²) >= 11 is 0. The Morgan fingerprint density at radius 3 is 2.33 bits per heavy atom. The molecule has 0 aromatic rings. The topological polar surface area (TPSA) is 108 Å². The summed E-state index contributed by atoms with van der Waals surface area (Å²) in [7, 11) is 0. The maximum absolute atomic E-state index is 8.00. The van der Waals surface area contributed by atoms with Crippen LogP contribution < -0.4 is 11.5 Å². The first-order chi connectivity index (χ1) is 4.16. The lowest BCUT2D eigenvalue weighted by Crippen LogP contribution is -2.16. The molecule has 0 fully saturated rings. The first-order valence-electron chi connectivity index (χ1n) is 2.46. The van der Waals surface area contributed by atoms with Gasteiger partial charge in [0.1, 0.15) is 5.84 Å². The van der Waals surface area contributed by atoms with Gasteiger partial charge in [0, 0.05) is 12.8 Å². The zero-order valence-corrected chi connectivity index (χ0v) is 4.96. The van der Waals surface area contributed by atoms with Crippen molar-refractivity contribution in [1.82, 2.24) is 0 Å². The monoisotopic (exact) mass is 130 g/mol. The van der Waals surface area contributed by atoms with Crippen LogP contribution >= 0.6 is 0 Å². The third kappa shape index (κ3) is 4.60. The van der Waals surface area contributed by atoms with E-state index in [9.17, 15) is 0 Å². The molecule has 5 nitrogen and oxygen atoms in total. The van der Waals surface area contributed by atoms with E-state index in [1.165, 1.54) is 0 Å². The van der Waals surface area contributed by atoms with E-state index < -0.39 is 0 Å². The molecular weight excluding hydrogens is 120 g/mol. The van der Waals surface area contributed by atoms with Crippen LogP contribution in [0.15, 0.2) is 5.16 Å². The van der Waals surface area contributed by atoms with Gasteiger partial charge < -0.3 is 16.7 Å². The van der Waals surface area contributed by atoms with Crippen LogP contribution in [0.5, 0.6) is 0 Å². The van der Waals surface area contributed by atoms with Gasteiger partial charge in [-0.1, -0.05) is 5.16 Å². The predicted molar refractivity (Wildman–Crippen MR) is 34.6 cm³/mol. The van der Waals surface area contributed by atoms with E-state index in [0.717, 1.165) is 0 Å². The Morgan fingerprint density at radius 1 is 1.44 bits per heavy atom. The molecular formula is C4H10N4O. The molecule has 0 aliphatic carbocycles. The molecule has 6 N–H and O–H groups in total. The minimum atomic E-state index is 0.0431. The summed E-state index contributed by atoms with van der Waals surface area (Å²) in [5.41, 5.74) is 10.1. The third-order valence-corrected chi connectivity index (χ3v) is 0.779. The average Bonchev–Trinajstić information content (AvgIpc) is 1.83. The Labute approximate surface area is 52.8 Å². The molecule has 0 saturated heterocycles. The van der Waals surface area contributed by atoms with Gasteiger partial charge in [0.25, 0.3) is 0 Å². The lowest BCUT2D eigenvalue weighted by Gasteiger charge is -1.94. The van der Waals surface area contributed by atoms with E-state index in [-0.39, 0.29) is 11.7 Å². The van der Waals surface area contributed by atoms with E-state index in [4.69, 9.17) is 22.1 Å². The maximum Gasteiger partial charge on any atom is 0.139 e. The van der Waals surface area contributed by atoms with Crippen molar-refractivity contribution in [3.63, 3.8) is 0 Å². The summed E-state index contributed by atoms with van der Waals surface area (Å²) in [5.74, 6) is 0.145. The van der Waals surface area contributed by atoms with Gasteiger partial charge >= 0.3 is 0 Å². The molecule has 0 radical (unpaired) electrons. The van der Waals surface area contributed by atoms with Crippen molar-refractivity contribution < 1.29 is 5.21 Å². The number of nitrogens with zero attached hydrogens (tertiary/aromatic N) is 1. The molecule has 52 valence electrons. The quantitative estimate of drug-likeness (QED) is 0.178. The predicted octanol–water partition coefficient (Wildman–Crippen LogP) is -0.551. The summed E-state index contributed by atoms with van der Waals surface area (Å²) in [6, 6.07) is 0. The molecule has 0 aromatic heterocycles. The fourth-order valence-electron chi connectivity index (χ4n) is 0.313. The Hall–Kier alpha value is -1.26. The van der Waals surface area contributed by atoms with Crippen molar-refractivity contribution in [3.05, 3.63) is 0 Å². The van der Waals surface area contributed by atoms with E-state index in [2.05, 4.69) is 5.16 Å². The molecule has 0 aromatic carbocycles. The fourth-order valence-corrected chi connectivity index (χ4v) is 0.313. The molecule has 0 rings (SSSR count). The van der Waals surface area contributed by atoms with Crippen molar-refractivity contribution >= 4 is 11.7 Å². The van der Waals surface area contributed by atoms with E-state index >= 15 is 0 Å². The molecule has 0 bridgehead atoms. The highest BCUT2D eigenvalue weighted by Gasteiger charge is 1.93.